The number of likely N-dealkylation sites (N-methyl/N-ethyl adjacent to an activating group) is 1. The lowest BCUT2D eigenvalue weighted by Gasteiger charge is -2.30. The van der Waals surface area contributed by atoms with Crippen LogP contribution in [-0.4, -0.2) is 69.4 Å². The van der Waals surface area contributed by atoms with E-state index in [9.17, 15) is 19.0 Å². The summed E-state index contributed by atoms with van der Waals surface area (Å²) >= 11 is 0. The highest BCUT2D eigenvalue weighted by Gasteiger charge is 2.27. The summed E-state index contributed by atoms with van der Waals surface area (Å²) in [6, 6.07) is -0.900. The third kappa shape index (κ3) is 65.4. The van der Waals surface area contributed by atoms with Gasteiger partial charge in [0.05, 0.1) is 33.8 Å². The van der Waals surface area contributed by atoms with Crippen molar-refractivity contribution in [1.29, 1.82) is 0 Å². The van der Waals surface area contributed by atoms with Gasteiger partial charge in [-0.15, -0.1) is 0 Å². The lowest BCUT2D eigenvalue weighted by Crippen LogP contribution is -2.47. The molecular formula is C76H137N2O7P. The van der Waals surface area contributed by atoms with Crippen LogP contribution in [0.2, 0.25) is 0 Å². The van der Waals surface area contributed by atoms with E-state index in [-0.39, 0.29) is 24.9 Å². The molecule has 0 aromatic rings. The fourth-order valence-electron chi connectivity index (χ4n) is 10.2. The van der Waals surface area contributed by atoms with Gasteiger partial charge in [-0.2, -0.15) is 0 Å². The first kappa shape index (κ1) is 82.9. The van der Waals surface area contributed by atoms with Crippen molar-refractivity contribution in [3.8, 4) is 0 Å². The van der Waals surface area contributed by atoms with E-state index in [0.717, 1.165) is 116 Å². The number of hydrogen-bond acceptors (Lipinski definition) is 7. The van der Waals surface area contributed by atoms with Crippen LogP contribution in [0.25, 0.3) is 0 Å². The number of ether oxygens (including phenoxy) is 1. The molecule has 0 saturated carbocycles. The Kier molecular flexibility index (Phi) is 62.6. The number of phosphoric acid groups is 1. The van der Waals surface area contributed by atoms with E-state index >= 15 is 0 Å². The molecule has 0 aliphatic carbocycles. The van der Waals surface area contributed by atoms with Crippen LogP contribution < -0.4 is 10.2 Å². The minimum atomic E-state index is -4.71. The van der Waals surface area contributed by atoms with Crippen LogP contribution >= 0.6 is 7.82 Å². The molecule has 0 radical (unpaired) electrons. The predicted molar refractivity (Wildman–Crippen MR) is 371 cm³/mol. The quantitative estimate of drug-likeness (QED) is 0.0212. The zero-order chi connectivity index (χ0) is 62.8. The third-order valence-electron chi connectivity index (χ3n) is 15.7. The smallest absolute Gasteiger partial charge is 0.306 e. The van der Waals surface area contributed by atoms with Gasteiger partial charge in [0, 0.05) is 12.8 Å². The number of nitrogens with zero attached hydrogens (tertiary/aromatic N) is 1. The molecule has 3 unspecified atom stereocenters. The normalized spacial score (nSPS) is 14.1. The first-order valence-corrected chi connectivity index (χ1v) is 37.5. The molecule has 1 amide bonds. The molecule has 0 rings (SSSR count). The highest BCUT2D eigenvalue weighted by atomic mass is 31.2. The van der Waals surface area contributed by atoms with E-state index in [0.29, 0.717) is 17.4 Å². The summed E-state index contributed by atoms with van der Waals surface area (Å²) in [5.74, 6) is -0.548. The van der Waals surface area contributed by atoms with Crippen molar-refractivity contribution >= 4 is 19.7 Å². The van der Waals surface area contributed by atoms with Crippen molar-refractivity contribution in [2.75, 3.05) is 40.9 Å². The van der Waals surface area contributed by atoms with Crippen LogP contribution in [0.3, 0.4) is 0 Å². The van der Waals surface area contributed by atoms with Gasteiger partial charge in [0.15, 0.2) is 0 Å². The molecule has 0 aromatic heterocycles. The topological polar surface area (TPSA) is 114 Å². The van der Waals surface area contributed by atoms with E-state index in [2.05, 4.69) is 111 Å². The van der Waals surface area contributed by atoms with Gasteiger partial charge in [-0.3, -0.25) is 14.2 Å². The number of carbonyl (C=O) groups is 2. The summed E-state index contributed by atoms with van der Waals surface area (Å²) in [5.41, 5.74) is 0. The maximum Gasteiger partial charge on any atom is 0.306 e. The molecule has 0 heterocycles. The second-order valence-corrected chi connectivity index (χ2v) is 26.8. The average molecular weight is 1220 g/mol. The maximum atomic E-state index is 13.6. The molecule has 0 aliphatic heterocycles. The molecule has 0 aliphatic rings. The molecule has 1 N–H and O–H groups in total. The van der Waals surface area contributed by atoms with Gasteiger partial charge in [-0.25, -0.2) is 0 Å². The predicted octanol–water partition coefficient (Wildman–Crippen LogP) is 22.4. The monoisotopic (exact) mass is 1220 g/mol. The second kappa shape index (κ2) is 64.9. The van der Waals surface area contributed by atoms with Crippen LogP contribution in [0.4, 0.5) is 0 Å². The molecular weight excluding hydrogens is 1080 g/mol. The molecule has 0 saturated heterocycles. The molecule has 0 bridgehead atoms. The molecule has 0 fully saturated rings. The van der Waals surface area contributed by atoms with Crippen LogP contribution in [0.1, 0.15) is 323 Å². The molecule has 9 nitrogen and oxygen atoms in total. The van der Waals surface area contributed by atoms with Crippen LogP contribution in [0, 0.1) is 0 Å². The summed E-state index contributed by atoms with van der Waals surface area (Å²) < 4.78 is 30.5. The number of allylic oxidation sites excluding steroid dienone is 15. The summed E-state index contributed by atoms with van der Waals surface area (Å²) in [7, 11) is 1.17. The van der Waals surface area contributed by atoms with Crippen LogP contribution in [0.15, 0.2) is 97.2 Å². The number of phosphoric ester groups is 1. The van der Waals surface area contributed by atoms with Crippen molar-refractivity contribution in [1.82, 2.24) is 5.32 Å². The van der Waals surface area contributed by atoms with Gasteiger partial charge in [-0.05, 0) is 115 Å². The number of rotatable bonds is 65. The Bertz CT molecular complexity index is 1790. The lowest BCUT2D eigenvalue weighted by molar-refractivity contribution is -0.870. The van der Waals surface area contributed by atoms with E-state index in [1.165, 1.54) is 173 Å². The molecule has 498 valence electrons. The van der Waals surface area contributed by atoms with Gasteiger partial charge < -0.3 is 28.5 Å². The Balaban J connectivity index is 5.09. The van der Waals surface area contributed by atoms with Crippen molar-refractivity contribution in [2.45, 2.75) is 335 Å². The summed E-state index contributed by atoms with van der Waals surface area (Å²) in [5, 5.41) is 3.04. The fraction of sp³-hybridized carbons (Fsp3) is 0.763. The van der Waals surface area contributed by atoms with Crippen molar-refractivity contribution < 1.29 is 37.3 Å². The first-order valence-electron chi connectivity index (χ1n) is 36.0. The summed E-state index contributed by atoms with van der Waals surface area (Å²) in [6.45, 7) is 6.80. The number of hydrogen-bond donors (Lipinski definition) is 1. The Morgan fingerprint density at radius 1 is 0.407 bits per heavy atom. The average Bonchev–Trinajstić information content (AvgIpc) is 3.69. The zero-order valence-corrected chi connectivity index (χ0v) is 57.9. The van der Waals surface area contributed by atoms with E-state index < -0.39 is 26.6 Å². The summed E-state index contributed by atoms with van der Waals surface area (Å²) in [6.07, 6.45) is 88.1. The Morgan fingerprint density at radius 3 is 1.08 bits per heavy atom. The Hall–Kier alpha value is -3.07. The largest absolute Gasteiger partial charge is 0.756 e. The highest BCUT2D eigenvalue weighted by Crippen LogP contribution is 2.38. The highest BCUT2D eigenvalue weighted by molar-refractivity contribution is 7.45. The second-order valence-electron chi connectivity index (χ2n) is 25.4. The van der Waals surface area contributed by atoms with E-state index in [1.807, 2.05) is 33.3 Å². The van der Waals surface area contributed by atoms with Crippen LogP contribution in [0.5, 0.6) is 0 Å². The van der Waals surface area contributed by atoms with E-state index in [4.69, 9.17) is 13.8 Å². The number of carbonyl (C=O) groups excluding carboxylic acids is 2. The van der Waals surface area contributed by atoms with E-state index in [1.54, 1.807) is 0 Å². The Labute approximate surface area is 532 Å². The third-order valence-corrected chi connectivity index (χ3v) is 16.7. The van der Waals surface area contributed by atoms with Gasteiger partial charge in [0.1, 0.15) is 19.3 Å². The zero-order valence-electron chi connectivity index (χ0n) is 57.0. The molecule has 10 heteroatoms. The first-order chi connectivity index (χ1) is 41.9. The molecule has 0 aromatic carbocycles. The SMILES string of the molecule is CCCCC/C=C\C/C=C\C/C=C\C/C=C\CCCCCCCCCCCC(=O)NC(COP(=O)([O-])OCC[N+](C)(C)C)C(/C=C/CCCCCCCCCCCC)OC(=O)CCCCCCCCCCCC/C=C\C/C=C\C/C=C\CCCCC. The van der Waals surface area contributed by atoms with Gasteiger partial charge >= 0.3 is 5.97 Å². The molecule has 0 spiro atoms. The van der Waals surface area contributed by atoms with Gasteiger partial charge in [0.2, 0.25) is 5.91 Å². The van der Waals surface area contributed by atoms with Gasteiger partial charge in [-0.1, -0.05) is 292 Å². The maximum absolute atomic E-state index is 13.6. The van der Waals surface area contributed by atoms with Crippen molar-refractivity contribution in [3.63, 3.8) is 0 Å². The number of nitrogens with one attached hydrogen (secondary N) is 1. The minimum absolute atomic E-state index is 0.0278. The lowest BCUT2D eigenvalue weighted by atomic mass is 10.0. The van der Waals surface area contributed by atoms with Crippen molar-refractivity contribution in [3.05, 3.63) is 97.2 Å². The number of amides is 1. The fourth-order valence-corrected chi connectivity index (χ4v) is 10.9. The van der Waals surface area contributed by atoms with Gasteiger partial charge in [0.25, 0.3) is 7.82 Å². The number of quaternary nitrogens is 1. The molecule has 86 heavy (non-hydrogen) atoms. The van der Waals surface area contributed by atoms with Crippen LogP contribution in [-0.2, 0) is 27.9 Å². The number of unbranched alkanes of at least 4 members (excludes halogenated alkanes) is 35. The standard InChI is InChI=1S/C76H137N2O7P/c1-7-10-13-16-19-22-25-28-30-32-34-36-38-39-41-42-44-46-48-50-53-56-59-62-65-68-75(79)77-73(72-84-86(81,82)83-71-70-78(4,5)6)74(67-64-61-58-55-52-27-24-21-18-15-12-9-3)85-76(80)69-66-63-60-57-54-51-49-47-45-43-40-37-35-33-31-29-26-23-20-17-14-11-8-2/h19-20,22-23,28-31,34-37,39,41,64,67,73-74H,7-18,21,24-27,32-33,38,40,42-63,65-66,68-72H2,1-6H3,(H-,77,79,81,82)/b22-19-,23-20-,30-28-,31-29-,36-34-,37-35-,41-39-,67-64+. The Morgan fingerprint density at radius 2 is 0.709 bits per heavy atom. The summed E-state index contributed by atoms with van der Waals surface area (Å²) in [4.78, 5) is 40.2. The molecule has 3 atom stereocenters. The minimum Gasteiger partial charge on any atom is -0.756 e. The van der Waals surface area contributed by atoms with Crippen molar-refractivity contribution in [2.24, 2.45) is 0 Å². The number of esters is 1.